The van der Waals surface area contributed by atoms with Gasteiger partial charge in [-0.2, -0.15) is 4.31 Å². The number of sulfonamides is 1. The molecule has 1 aromatic carbocycles. The molecule has 4 bridgehead atoms. The Bertz CT molecular complexity index is 824. The Balaban J connectivity index is 1.29. The van der Waals surface area contributed by atoms with Gasteiger partial charge < -0.3 is 10.1 Å². The number of hydrogen-bond donors (Lipinski definition) is 1. The summed E-state index contributed by atoms with van der Waals surface area (Å²) in [6.07, 6.45) is 6.98. The standard InChI is InChI=1S/C21H28N2O4S/c24-20(21-12-15-9-16(13-21)11-17(10-15)14-21)22-18-1-3-19(4-2-18)28(25,26)23-5-7-27-8-6-23/h1-4,15-17H,5-14H2,(H,22,24). The molecule has 152 valence electrons. The fourth-order valence-corrected chi connectivity index (χ4v) is 7.71. The van der Waals surface area contributed by atoms with E-state index in [0.29, 0.717) is 32.0 Å². The molecule has 4 saturated carbocycles. The highest BCUT2D eigenvalue weighted by Gasteiger charge is 2.54. The van der Waals surface area contributed by atoms with E-state index in [9.17, 15) is 13.2 Å². The van der Waals surface area contributed by atoms with Crippen LogP contribution in [0.2, 0.25) is 0 Å². The van der Waals surface area contributed by atoms with Crippen LogP contribution in [0.25, 0.3) is 0 Å². The van der Waals surface area contributed by atoms with Gasteiger partial charge in [0.1, 0.15) is 0 Å². The summed E-state index contributed by atoms with van der Waals surface area (Å²) in [6, 6.07) is 6.62. The zero-order chi connectivity index (χ0) is 19.4. The minimum Gasteiger partial charge on any atom is -0.379 e. The highest BCUT2D eigenvalue weighted by atomic mass is 32.2. The second-order valence-electron chi connectivity index (χ2n) is 9.19. The monoisotopic (exact) mass is 404 g/mol. The molecule has 0 spiro atoms. The molecule has 28 heavy (non-hydrogen) atoms. The van der Waals surface area contributed by atoms with Crippen molar-refractivity contribution in [2.45, 2.75) is 43.4 Å². The van der Waals surface area contributed by atoms with Crippen LogP contribution >= 0.6 is 0 Å². The molecule has 1 aliphatic heterocycles. The van der Waals surface area contributed by atoms with E-state index in [-0.39, 0.29) is 16.2 Å². The van der Waals surface area contributed by atoms with Crippen LogP contribution in [0.5, 0.6) is 0 Å². The molecule has 1 N–H and O–H groups in total. The van der Waals surface area contributed by atoms with Gasteiger partial charge in [-0.1, -0.05) is 0 Å². The van der Waals surface area contributed by atoms with Crippen LogP contribution in [-0.4, -0.2) is 44.9 Å². The summed E-state index contributed by atoms with van der Waals surface area (Å²) in [6.45, 7) is 1.62. The van der Waals surface area contributed by atoms with Crippen LogP contribution in [-0.2, 0) is 19.6 Å². The van der Waals surface area contributed by atoms with E-state index in [0.717, 1.165) is 37.0 Å². The lowest BCUT2D eigenvalue weighted by Gasteiger charge is -2.55. The van der Waals surface area contributed by atoms with E-state index in [4.69, 9.17) is 4.74 Å². The molecule has 6 rings (SSSR count). The topological polar surface area (TPSA) is 75.7 Å². The highest BCUT2D eigenvalue weighted by molar-refractivity contribution is 7.89. The fourth-order valence-electron chi connectivity index (χ4n) is 6.30. The number of rotatable bonds is 4. The average Bonchev–Trinajstić information content (AvgIpc) is 2.68. The van der Waals surface area contributed by atoms with Gasteiger partial charge in [-0.05, 0) is 80.5 Å². The van der Waals surface area contributed by atoms with Crippen molar-refractivity contribution in [1.29, 1.82) is 0 Å². The average molecular weight is 405 g/mol. The van der Waals surface area contributed by atoms with E-state index in [1.165, 1.54) is 23.6 Å². The predicted molar refractivity (Wildman–Crippen MR) is 105 cm³/mol. The van der Waals surface area contributed by atoms with Gasteiger partial charge in [0.2, 0.25) is 15.9 Å². The molecule has 6 nitrogen and oxygen atoms in total. The molecular formula is C21H28N2O4S. The van der Waals surface area contributed by atoms with Crippen molar-refractivity contribution >= 4 is 21.6 Å². The van der Waals surface area contributed by atoms with E-state index in [1.54, 1.807) is 24.3 Å². The molecule has 0 aromatic heterocycles. The molecule has 0 unspecified atom stereocenters. The number of anilines is 1. The van der Waals surface area contributed by atoms with Crippen molar-refractivity contribution in [3.63, 3.8) is 0 Å². The normalized spacial score (nSPS) is 35.1. The van der Waals surface area contributed by atoms with Gasteiger partial charge in [0.15, 0.2) is 0 Å². The number of nitrogens with one attached hydrogen (secondary N) is 1. The first-order valence-corrected chi connectivity index (χ1v) is 11.9. The number of nitrogens with zero attached hydrogens (tertiary/aromatic N) is 1. The second-order valence-corrected chi connectivity index (χ2v) is 11.1. The summed E-state index contributed by atoms with van der Waals surface area (Å²) in [7, 11) is -3.50. The Labute approximate surface area is 166 Å². The van der Waals surface area contributed by atoms with Gasteiger partial charge >= 0.3 is 0 Å². The van der Waals surface area contributed by atoms with Gasteiger partial charge in [-0.3, -0.25) is 4.79 Å². The molecule has 1 aromatic rings. The lowest BCUT2D eigenvalue weighted by Crippen LogP contribution is -2.51. The molecule has 4 aliphatic carbocycles. The molecule has 7 heteroatoms. The molecule has 0 atom stereocenters. The van der Waals surface area contributed by atoms with Gasteiger partial charge in [-0.15, -0.1) is 0 Å². The van der Waals surface area contributed by atoms with Crippen LogP contribution < -0.4 is 5.32 Å². The Morgan fingerprint density at radius 3 is 2.04 bits per heavy atom. The number of carbonyl (C=O) groups is 1. The van der Waals surface area contributed by atoms with Crippen molar-refractivity contribution in [2.75, 3.05) is 31.6 Å². The maximum absolute atomic E-state index is 13.1. The van der Waals surface area contributed by atoms with Crippen molar-refractivity contribution in [3.05, 3.63) is 24.3 Å². The zero-order valence-electron chi connectivity index (χ0n) is 16.1. The van der Waals surface area contributed by atoms with E-state index >= 15 is 0 Å². The summed E-state index contributed by atoms with van der Waals surface area (Å²) < 4.78 is 32.2. The lowest BCUT2D eigenvalue weighted by atomic mass is 9.49. The maximum Gasteiger partial charge on any atom is 0.243 e. The lowest BCUT2D eigenvalue weighted by molar-refractivity contribution is -0.140. The molecule has 5 aliphatic rings. The van der Waals surface area contributed by atoms with Gasteiger partial charge in [0.05, 0.1) is 23.5 Å². The highest BCUT2D eigenvalue weighted by Crippen LogP contribution is 2.60. The zero-order valence-corrected chi connectivity index (χ0v) is 16.9. The SMILES string of the molecule is O=C(Nc1ccc(S(=O)(=O)N2CCOCC2)cc1)C12CC3CC(CC(C3)C1)C2. The minimum atomic E-state index is -3.50. The van der Waals surface area contributed by atoms with Crippen LogP contribution in [0.3, 0.4) is 0 Å². The van der Waals surface area contributed by atoms with Gasteiger partial charge in [0.25, 0.3) is 0 Å². The first kappa shape index (κ1) is 18.6. The van der Waals surface area contributed by atoms with Gasteiger partial charge in [-0.25, -0.2) is 8.42 Å². The third kappa shape index (κ3) is 3.17. The molecule has 1 saturated heterocycles. The van der Waals surface area contributed by atoms with E-state index in [2.05, 4.69) is 5.32 Å². The largest absolute Gasteiger partial charge is 0.379 e. The predicted octanol–water partition coefficient (Wildman–Crippen LogP) is 2.86. The molecule has 1 amide bonds. The third-order valence-corrected chi connectivity index (χ3v) is 9.15. The minimum absolute atomic E-state index is 0.135. The molecule has 0 radical (unpaired) electrons. The number of amides is 1. The summed E-state index contributed by atoms with van der Waals surface area (Å²) in [5.41, 5.74) is 0.481. The first-order chi connectivity index (χ1) is 13.4. The summed E-state index contributed by atoms with van der Waals surface area (Å²) in [5.74, 6) is 2.30. The second kappa shape index (κ2) is 6.82. The van der Waals surface area contributed by atoms with E-state index < -0.39 is 10.0 Å². The quantitative estimate of drug-likeness (QED) is 0.837. The number of ether oxygens (including phenoxy) is 1. The summed E-state index contributed by atoms with van der Waals surface area (Å²) >= 11 is 0. The fraction of sp³-hybridized carbons (Fsp3) is 0.667. The Morgan fingerprint density at radius 2 is 1.50 bits per heavy atom. The van der Waals surface area contributed by atoms with Crippen molar-refractivity contribution in [2.24, 2.45) is 23.2 Å². The van der Waals surface area contributed by atoms with Crippen molar-refractivity contribution in [3.8, 4) is 0 Å². The molecular weight excluding hydrogens is 376 g/mol. The maximum atomic E-state index is 13.1. The molecule has 5 fully saturated rings. The van der Waals surface area contributed by atoms with Crippen LogP contribution in [0.15, 0.2) is 29.2 Å². The smallest absolute Gasteiger partial charge is 0.243 e. The molecule has 1 heterocycles. The Hall–Kier alpha value is -1.44. The number of hydrogen-bond acceptors (Lipinski definition) is 4. The van der Waals surface area contributed by atoms with Crippen LogP contribution in [0.4, 0.5) is 5.69 Å². The summed E-state index contributed by atoms with van der Waals surface area (Å²) in [5, 5.41) is 3.09. The summed E-state index contributed by atoms with van der Waals surface area (Å²) in [4.78, 5) is 13.4. The van der Waals surface area contributed by atoms with Crippen molar-refractivity contribution in [1.82, 2.24) is 4.31 Å². The first-order valence-electron chi connectivity index (χ1n) is 10.4. The van der Waals surface area contributed by atoms with Crippen LogP contribution in [0.1, 0.15) is 38.5 Å². The third-order valence-electron chi connectivity index (χ3n) is 7.24. The number of morpholine rings is 1. The Kier molecular flexibility index (Phi) is 4.52. The van der Waals surface area contributed by atoms with Gasteiger partial charge in [0, 0.05) is 18.8 Å². The van der Waals surface area contributed by atoms with Crippen LogP contribution in [0, 0.1) is 23.2 Å². The number of carbonyl (C=O) groups excluding carboxylic acids is 1. The Morgan fingerprint density at radius 1 is 0.964 bits per heavy atom. The van der Waals surface area contributed by atoms with E-state index in [1.807, 2.05) is 0 Å². The van der Waals surface area contributed by atoms with Crippen molar-refractivity contribution < 1.29 is 17.9 Å². The number of benzene rings is 1.